The fraction of sp³-hybridized carbons (Fsp3) is 0.375. The lowest BCUT2D eigenvalue weighted by molar-refractivity contribution is -0.141. The zero-order valence-corrected chi connectivity index (χ0v) is 11.9. The Bertz CT molecular complexity index is 484. The van der Waals surface area contributed by atoms with E-state index in [0.717, 1.165) is 5.56 Å². The predicted molar refractivity (Wildman–Crippen MR) is 75.5 cm³/mol. The fourth-order valence-corrected chi connectivity index (χ4v) is 1.71. The van der Waals surface area contributed by atoms with Crippen LogP contribution in [0.3, 0.4) is 0 Å². The second-order valence-electron chi connectivity index (χ2n) is 4.91. The Morgan fingerprint density at radius 3 is 2.16 bits per heavy atom. The van der Waals surface area contributed by atoms with Crippen molar-refractivity contribution in [2.24, 2.45) is 5.92 Å². The van der Waals surface area contributed by atoms with Gasteiger partial charge in [-0.05, 0) is 30.9 Å². The van der Waals surface area contributed by atoms with Crippen molar-refractivity contribution in [3.63, 3.8) is 0 Å². The Kier molecular flexibility index (Phi) is 5.49. The lowest BCUT2D eigenvalue weighted by atomic mass is 9.99. The summed E-state index contributed by atoms with van der Waals surface area (Å²) in [7, 11) is 0. The number of ketones is 1. The molecule has 0 saturated carbocycles. The van der Waals surface area contributed by atoms with Gasteiger partial charge in [0.15, 0.2) is 5.78 Å². The van der Waals surface area contributed by atoms with E-state index in [2.05, 4.69) is 0 Å². The molecule has 0 bridgehead atoms. The zero-order chi connectivity index (χ0) is 14.4. The van der Waals surface area contributed by atoms with Crippen LogP contribution in [0.25, 0.3) is 5.57 Å². The van der Waals surface area contributed by atoms with Gasteiger partial charge in [-0.15, -0.1) is 0 Å². The van der Waals surface area contributed by atoms with Crippen molar-refractivity contribution in [1.82, 2.24) is 0 Å². The van der Waals surface area contributed by atoms with Crippen LogP contribution in [0.15, 0.2) is 35.9 Å². The molecule has 0 spiro atoms. The number of hydrogen-bond acceptors (Lipinski definition) is 3. The third-order valence-corrected chi connectivity index (χ3v) is 2.69. The van der Waals surface area contributed by atoms with Gasteiger partial charge >= 0.3 is 5.97 Å². The normalized spacial score (nSPS) is 12.1. The number of rotatable bonds is 5. The Labute approximate surface area is 114 Å². The molecule has 3 heteroatoms. The molecule has 0 heterocycles. The van der Waals surface area contributed by atoms with Crippen molar-refractivity contribution in [2.75, 3.05) is 6.61 Å². The minimum absolute atomic E-state index is 0.131. The number of allylic oxidation sites excluding steroid dienone is 1. The molecule has 0 aliphatic carbocycles. The maximum absolute atomic E-state index is 12.0. The average molecular weight is 260 g/mol. The van der Waals surface area contributed by atoms with Crippen LogP contribution in [0.1, 0.15) is 33.3 Å². The van der Waals surface area contributed by atoms with Gasteiger partial charge in [0.2, 0.25) is 0 Å². The second kappa shape index (κ2) is 6.88. The number of carbonyl (C=O) groups is 2. The van der Waals surface area contributed by atoms with Crippen LogP contribution in [0.5, 0.6) is 0 Å². The van der Waals surface area contributed by atoms with Crippen molar-refractivity contribution in [1.29, 1.82) is 0 Å². The number of ether oxygens (including phenoxy) is 1. The lowest BCUT2D eigenvalue weighted by Gasteiger charge is -2.11. The number of hydrogen-bond donors (Lipinski definition) is 0. The molecule has 1 aromatic rings. The number of carbonyl (C=O) groups excluding carboxylic acids is 2. The smallest absolute Gasteiger partial charge is 0.342 e. The molecule has 19 heavy (non-hydrogen) atoms. The summed E-state index contributed by atoms with van der Waals surface area (Å²) in [6, 6.07) is 9.37. The molecule has 0 atom stereocenters. The SMILES string of the molecule is CC(=O)C(C(=O)OCC(C)C)=C(C)c1ccccc1. The number of Topliss-reactive ketones (excluding diaryl/α,β-unsaturated/α-hetero) is 1. The summed E-state index contributed by atoms with van der Waals surface area (Å²) in [5, 5.41) is 0. The summed E-state index contributed by atoms with van der Waals surface area (Å²) in [5.74, 6) is -0.563. The monoisotopic (exact) mass is 260 g/mol. The largest absolute Gasteiger partial charge is 0.462 e. The maximum Gasteiger partial charge on any atom is 0.342 e. The first-order valence-electron chi connectivity index (χ1n) is 6.37. The molecule has 0 fully saturated rings. The van der Waals surface area contributed by atoms with E-state index in [4.69, 9.17) is 4.74 Å². The molecule has 0 aliphatic rings. The van der Waals surface area contributed by atoms with Crippen LogP contribution in [0.4, 0.5) is 0 Å². The lowest BCUT2D eigenvalue weighted by Crippen LogP contribution is -2.17. The highest BCUT2D eigenvalue weighted by Gasteiger charge is 2.20. The van der Waals surface area contributed by atoms with Crippen molar-refractivity contribution in [3.8, 4) is 0 Å². The highest BCUT2D eigenvalue weighted by Crippen LogP contribution is 2.20. The third kappa shape index (κ3) is 4.36. The van der Waals surface area contributed by atoms with Gasteiger partial charge in [0.25, 0.3) is 0 Å². The molecular formula is C16H20O3. The Hall–Kier alpha value is -1.90. The molecule has 0 aliphatic heterocycles. The van der Waals surface area contributed by atoms with E-state index in [1.54, 1.807) is 6.92 Å². The minimum atomic E-state index is -0.539. The van der Waals surface area contributed by atoms with E-state index in [9.17, 15) is 9.59 Å². The first kappa shape index (κ1) is 15.2. The van der Waals surface area contributed by atoms with Gasteiger partial charge in [0.05, 0.1) is 6.61 Å². The molecule has 0 unspecified atom stereocenters. The van der Waals surface area contributed by atoms with E-state index >= 15 is 0 Å². The Morgan fingerprint density at radius 1 is 1.11 bits per heavy atom. The zero-order valence-electron chi connectivity index (χ0n) is 11.9. The van der Waals surface area contributed by atoms with Gasteiger partial charge < -0.3 is 4.74 Å². The van der Waals surface area contributed by atoms with Crippen LogP contribution in [-0.2, 0) is 14.3 Å². The van der Waals surface area contributed by atoms with E-state index < -0.39 is 5.97 Å². The second-order valence-corrected chi connectivity index (χ2v) is 4.91. The van der Waals surface area contributed by atoms with Crippen LogP contribution in [0, 0.1) is 5.92 Å². The van der Waals surface area contributed by atoms with Crippen LogP contribution in [-0.4, -0.2) is 18.4 Å². The summed E-state index contributed by atoms with van der Waals surface area (Å²) in [6.45, 7) is 7.38. The summed E-state index contributed by atoms with van der Waals surface area (Å²) in [6.07, 6.45) is 0. The topological polar surface area (TPSA) is 43.4 Å². The number of esters is 1. The van der Waals surface area contributed by atoms with Crippen LogP contribution < -0.4 is 0 Å². The maximum atomic E-state index is 12.0. The molecule has 102 valence electrons. The molecule has 3 nitrogen and oxygen atoms in total. The van der Waals surface area contributed by atoms with E-state index in [0.29, 0.717) is 12.2 Å². The summed E-state index contributed by atoms with van der Waals surface area (Å²) < 4.78 is 5.15. The van der Waals surface area contributed by atoms with Gasteiger partial charge in [0, 0.05) is 0 Å². The first-order valence-corrected chi connectivity index (χ1v) is 6.37. The minimum Gasteiger partial charge on any atom is -0.462 e. The average Bonchev–Trinajstić information content (AvgIpc) is 2.37. The molecule has 0 saturated heterocycles. The third-order valence-electron chi connectivity index (χ3n) is 2.69. The molecular weight excluding hydrogens is 240 g/mol. The Balaban J connectivity index is 3.06. The van der Waals surface area contributed by atoms with Gasteiger partial charge in [-0.2, -0.15) is 0 Å². The van der Waals surface area contributed by atoms with Crippen molar-refractivity contribution in [3.05, 3.63) is 41.5 Å². The summed E-state index contributed by atoms with van der Waals surface area (Å²) >= 11 is 0. The van der Waals surface area contributed by atoms with Gasteiger partial charge in [-0.3, -0.25) is 4.79 Å². The van der Waals surface area contributed by atoms with E-state index in [1.165, 1.54) is 6.92 Å². The highest BCUT2D eigenvalue weighted by molar-refractivity contribution is 6.21. The van der Waals surface area contributed by atoms with Crippen LogP contribution >= 0.6 is 0 Å². The molecule has 0 N–H and O–H groups in total. The molecule has 0 aromatic heterocycles. The van der Waals surface area contributed by atoms with Gasteiger partial charge in [-0.25, -0.2) is 4.79 Å². The summed E-state index contributed by atoms with van der Waals surface area (Å²) in [4.78, 5) is 23.7. The van der Waals surface area contributed by atoms with E-state index in [1.807, 2.05) is 44.2 Å². The standard InChI is InChI=1S/C16H20O3/c1-11(2)10-19-16(18)15(13(4)17)12(3)14-8-6-5-7-9-14/h5-9,11H,10H2,1-4H3. The molecule has 1 aromatic carbocycles. The molecule has 0 amide bonds. The Morgan fingerprint density at radius 2 is 1.68 bits per heavy atom. The summed E-state index contributed by atoms with van der Waals surface area (Å²) in [5.41, 5.74) is 1.64. The first-order chi connectivity index (χ1) is 8.93. The van der Waals surface area contributed by atoms with Gasteiger partial charge in [0.1, 0.15) is 5.57 Å². The van der Waals surface area contributed by atoms with Crippen molar-refractivity contribution >= 4 is 17.3 Å². The van der Waals surface area contributed by atoms with Crippen LogP contribution in [0.2, 0.25) is 0 Å². The predicted octanol–water partition coefficient (Wildman–Crippen LogP) is 3.25. The fourth-order valence-electron chi connectivity index (χ4n) is 1.71. The van der Waals surface area contributed by atoms with Crippen molar-refractivity contribution in [2.45, 2.75) is 27.7 Å². The van der Waals surface area contributed by atoms with E-state index in [-0.39, 0.29) is 17.3 Å². The molecule has 1 rings (SSSR count). The molecule has 0 radical (unpaired) electrons. The number of benzene rings is 1. The van der Waals surface area contributed by atoms with Gasteiger partial charge in [-0.1, -0.05) is 44.2 Å². The quantitative estimate of drug-likeness (QED) is 0.353. The van der Waals surface area contributed by atoms with Crippen molar-refractivity contribution < 1.29 is 14.3 Å². The highest BCUT2D eigenvalue weighted by atomic mass is 16.5.